The van der Waals surface area contributed by atoms with Crippen LogP contribution >= 0.6 is 27.3 Å². The van der Waals surface area contributed by atoms with E-state index >= 15 is 0 Å². The highest BCUT2D eigenvalue weighted by atomic mass is 79.9. The Morgan fingerprint density at radius 2 is 2.42 bits per heavy atom. The third kappa shape index (κ3) is 1.26. The molecule has 0 radical (unpaired) electrons. The number of thiophene rings is 1. The highest BCUT2D eigenvalue weighted by Crippen LogP contribution is 2.30. The monoisotopic (exact) mass is 242 g/mol. The number of nitrogens with two attached hydrogens (primary N) is 1. The molecular formula is C8H7BrN2S. The van der Waals surface area contributed by atoms with Gasteiger partial charge in [0.15, 0.2) is 0 Å². The number of fused-ring (bicyclic) bond motifs is 1. The van der Waals surface area contributed by atoms with E-state index in [1.165, 1.54) is 4.70 Å². The lowest BCUT2D eigenvalue weighted by atomic mass is 10.2. The number of rotatable bonds is 1. The summed E-state index contributed by atoms with van der Waals surface area (Å²) in [7, 11) is 0. The van der Waals surface area contributed by atoms with Crippen molar-refractivity contribution in [3.05, 3.63) is 27.8 Å². The fourth-order valence-corrected chi connectivity index (χ4v) is 2.71. The fraction of sp³-hybridized carbons (Fsp3) is 0.125. The van der Waals surface area contributed by atoms with Crippen molar-refractivity contribution in [3.8, 4) is 0 Å². The van der Waals surface area contributed by atoms with Crippen molar-refractivity contribution in [1.82, 2.24) is 4.98 Å². The molecule has 2 aromatic rings. The van der Waals surface area contributed by atoms with Gasteiger partial charge in [-0.3, -0.25) is 4.98 Å². The largest absolute Gasteiger partial charge is 0.325 e. The van der Waals surface area contributed by atoms with Gasteiger partial charge in [-0.25, -0.2) is 0 Å². The van der Waals surface area contributed by atoms with Crippen LogP contribution in [0.2, 0.25) is 0 Å². The second-order valence-corrected chi connectivity index (χ2v) is 4.89. The first-order valence-electron chi connectivity index (χ1n) is 3.54. The number of hydrogen-bond acceptors (Lipinski definition) is 3. The van der Waals surface area contributed by atoms with Gasteiger partial charge in [-0.1, -0.05) is 0 Å². The highest BCUT2D eigenvalue weighted by Gasteiger charge is 2.03. The Morgan fingerprint density at radius 3 is 3.17 bits per heavy atom. The molecule has 0 fully saturated rings. The van der Waals surface area contributed by atoms with Crippen molar-refractivity contribution in [1.29, 1.82) is 0 Å². The van der Waals surface area contributed by atoms with E-state index in [1.54, 1.807) is 17.5 Å². The van der Waals surface area contributed by atoms with Gasteiger partial charge < -0.3 is 5.73 Å². The number of aromatic nitrogens is 1. The summed E-state index contributed by atoms with van der Waals surface area (Å²) in [5, 5.41) is 1.16. The van der Waals surface area contributed by atoms with Gasteiger partial charge in [-0.15, -0.1) is 11.3 Å². The van der Waals surface area contributed by atoms with Gasteiger partial charge in [0.25, 0.3) is 0 Å². The van der Waals surface area contributed by atoms with Gasteiger partial charge >= 0.3 is 0 Å². The minimum atomic E-state index is 0.501. The van der Waals surface area contributed by atoms with Crippen LogP contribution in [0.4, 0.5) is 0 Å². The molecule has 2 aromatic heterocycles. The van der Waals surface area contributed by atoms with E-state index < -0.39 is 0 Å². The lowest BCUT2D eigenvalue weighted by molar-refractivity contribution is 1.01. The zero-order valence-electron chi connectivity index (χ0n) is 6.25. The van der Waals surface area contributed by atoms with Gasteiger partial charge in [-0.05, 0) is 28.1 Å². The molecular weight excluding hydrogens is 236 g/mol. The molecule has 2 nitrogen and oxygen atoms in total. The molecule has 0 aromatic carbocycles. The van der Waals surface area contributed by atoms with E-state index in [-0.39, 0.29) is 0 Å². The Labute approximate surface area is 82.5 Å². The van der Waals surface area contributed by atoms with E-state index in [0.717, 1.165) is 14.9 Å². The first-order valence-corrected chi connectivity index (χ1v) is 5.15. The molecule has 2 heterocycles. The maximum atomic E-state index is 5.55. The zero-order chi connectivity index (χ0) is 8.55. The van der Waals surface area contributed by atoms with Crippen LogP contribution in [0.25, 0.3) is 10.1 Å². The Morgan fingerprint density at radius 1 is 1.58 bits per heavy atom. The summed E-state index contributed by atoms with van der Waals surface area (Å²) in [5.74, 6) is 0. The van der Waals surface area contributed by atoms with Crippen LogP contribution in [0, 0.1) is 0 Å². The Hall–Kier alpha value is -0.450. The van der Waals surface area contributed by atoms with Crippen molar-refractivity contribution in [2.75, 3.05) is 0 Å². The normalized spacial score (nSPS) is 10.8. The average Bonchev–Trinajstić information content (AvgIpc) is 2.44. The van der Waals surface area contributed by atoms with E-state index in [1.807, 2.05) is 6.07 Å². The predicted octanol–water partition coefficient (Wildman–Crippen LogP) is 2.52. The summed E-state index contributed by atoms with van der Waals surface area (Å²) in [6.45, 7) is 0.501. The third-order valence-electron chi connectivity index (χ3n) is 1.69. The second kappa shape index (κ2) is 3.12. The molecule has 0 spiro atoms. The first-order chi connectivity index (χ1) is 5.81. The highest BCUT2D eigenvalue weighted by molar-refractivity contribution is 9.11. The summed E-state index contributed by atoms with van der Waals surface area (Å²) < 4.78 is 2.36. The van der Waals surface area contributed by atoms with Gasteiger partial charge in [0.1, 0.15) is 0 Å². The summed E-state index contributed by atoms with van der Waals surface area (Å²) >= 11 is 5.14. The van der Waals surface area contributed by atoms with Gasteiger partial charge in [0, 0.05) is 22.8 Å². The molecule has 2 N–H and O–H groups in total. The molecule has 0 atom stereocenters. The second-order valence-electron chi connectivity index (χ2n) is 2.42. The zero-order valence-corrected chi connectivity index (χ0v) is 8.65. The van der Waals surface area contributed by atoms with Gasteiger partial charge in [0.05, 0.1) is 9.48 Å². The predicted molar refractivity (Wildman–Crippen MR) is 55.2 cm³/mol. The maximum absolute atomic E-state index is 5.55. The summed E-state index contributed by atoms with van der Waals surface area (Å²) in [6.07, 6.45) is 1.80. The van der Waals surface area contributed by atoms with Crippen molar-refractivity contribution >= 4 is 37.4 Å². The van der Waals surface area contributed by atoms with Crippen LogP contribution in [0.1, 0.15) is 5.69 Å². The first kappa shape index (κ1) is 8.16. The molecule has 0 saturated carbocycles. The number of hydrogen-bond donors (Lipinski definition) is 1. The van der Waals surface area contributed by atoms with E-state index in [9.17, 15) is 0 Å². The average molecular weight is 243 g/mol. The summed E-state index contributed by atoms with van der Waals surface area (Å²) in [5.41, 5.74) is 6.52. The molecule has 0 aliphatic heterocycles. The minimum Gasteiger partial charge on any atom is -0.325 e. The maximum Gasteiger partial charge on any atom is 0.0711 e. The topological polar surface area (TPSA) is 38.9 Å². The molecule has 0 bridgehead atoms. The van der Waals surface area contributed by atoms with Crippen molar-refractivity contribution < 1.29 is 0 Å². The van der Waals surface area contributed by atoms with Gasteiger partial charge in [-0.2, -0.15) is 0 Å². The number of pyridine rings is 1. The van der Waals surface area contributed by atoms with Crippen molar-refractivity contribution in [3.63, 3.8) is 0 Å². The number of nitrogens with zero attached hydrogens (tertiary/aromatic N) is 1. The molecule has 0 unspecified atom stereocenters. The molecule has 4 heteroatoms. The molecule has 0 aliphatic carbocycles. The van der Waals surface area contributed by atoms with Crippen LogP contribution in [0.3, 0.4) is 0 Å². The van der Waals surface area contributed by atoms with E-state index in [0.29, 0.717) is 6.54 Å². The van der Waals surface area contributed by atoms with Crippen molar-refractivity contribution in [2.45, 2.75) is 6.54 Å². The van der Waals surface area contributed by atoms with Crippen LogP contribution in [-0.2, 0) is 6.54 Å². The van der Waals surface area contributed by atoms with Crippen LogP contribution in [0.5, 0.6) is 0 Å². The fourth-order valence-electron chi connectivity index (χ4n) is 1.15. The lowest BCUT2D eigenvalue weighted by Gasteiger charge is -1.95. The van der Waals surface area contributed by atoms with Crippen LogP contribution in [0.15, 0.2) is 22.1 Å². The SMILES string of the molecule is NCc1nccc2sc(Br)cc12. The Bertz CT molecular complexity index is 410. The molecule has 62 valence electrons. The van der Waals surface area contributed by atoms with E-state index in [2.05, 4.69) is 27.0 Å². The van der Waals surface area contributed by atoms with Crippen LogP contribution < -0.4 is 5.73 Å². The van der Waals surface area contributed by atoms with Crippen molar-refractivity contribution in [2.24, 2.45) is 5.73 Å². The standard InChI is InChI=1S/C8H7BrN2S/c9-8-3-5-6(4-10)11-2-1-7(5)12-8/h1-3H,4,10H2. The van der Waals surface area contributed by atoms with Gasteiger partial charge in [0.2, 0.25) is 0 Å². The minimum absolute atomic E-state index is 0.501. The van der Waals surface area contributed by atoms with Crippen LogP contribution in [-0.4, -0.2) is 4.98 Å². The lowest BCUT2D eigenvalue weighted by Crippen LogP contribution is -1.98. The smallest absolute Gasteiger partial charge is 0.0711 e. The third-order valence-corrected chi connectivity index (χ3v) is 3.29. The molecule has 0 saturated heterocycles. The summed E-state index contributed by atoms with van der Waals surface area (Å²) in [6, 6.07) is 4.07. The molecule has 0 amide bonds. The Balaban J connectivity index is 2.78. The molecule has 0 aliphatic rings. The Kier molecular flexibility index (Phi) is 2.12. The van der Waals surface area contributed by atoms with E-state index in [4.69, 9.17) is 5.73 Å². The number of halogens is 1. The summed E-state index contributed by atoms with van der Waals surface area (Å²) in [4.78, 5) is 4.20. The molecule has 12 heavy (non-hydrogen) atoms. The quantitative estimate of drug-likeness (QED) is 0.835. The molecule has 2 rings (SSSR count).